The lowest BCUT2D eigenvalue weighted by Crippen LogP contribution is -2.62. The van der Waals surface area contributed by atoms with Crippen molar-refractivity contribution in [2.24, 2.45) is 0 Å². The summed E-state index contributed by atoms with van der Waals surface area (Å²) in [5.41, 5.74) is 0.0547. The lowest BCUT2D eigenvalue weighted by Gasteiger charge is -2.46. The molecule has 1 fully saturated rings. The molecule has 0 bridgehead atoms. The molecule has 0 spiro atoms. The highest BCUT2D eigenvalue weighted by Gasteiger charge is 2.38. The van der Waals surface area contributed by atoms with Gasteiger partial charge >= 0.3 is 11.8 Å². The number of carbonyl (C=O) groups excluding carboxylic acids is 2. The summed E-state index contributed by atoms with van der Waals surface area (Å²) in [5.74, 6) is -1.62. The van der Waals surface area contributed by atoms with Gasteiger partial charge in [0.1, 0.15) is 5.75 Å². The minimum atomic E-state index is -0.772. The third kappa shape index (κ3) is 4.85. The van der Waals surface area contributed by atoms with Crippen LogP contribution in [0, 0.1) is 0 Å². The van der Waals surface area contributed by atoms with Crippen molar-refractivity contribution < 1.29 is 14.7 Å². The van der Waals surface area contributed by atoms with E-state index in [0.717, 1.165) is 12.8 Å². The van der Waals surface area contributed by atoms with Crippen molar-refractivity contribution in [2.75, 3.05) is 5.32 Å². The number of anilines is 1. The molecule has 2 rings (SSSR count). The molecule has 0 aliphatic carbocycles. The second-order valence-corrected chi connectivity index (χ2v) is 8.00. The van der Waals surface area contributed by atoms with Gasteiger partial charge in [0.05, 0.1) is 5.02 Å². The summed E-state index contributed by atoms with van der Waals surface area (Å²) in [7, 11) is 0. The molecule has 1 saturated heterocycles. The molecule has 1 heterocycles. The van der Waals surface area contributed by atoms with Gasteiger partial charge in [-0.1, -0.05) is 11.6 Å². The van der Waals surface area contributed by atoms with E-state index in [4.69, 9.17) is 11.6 Å². The monoisotopic (exact) mass is 353 g/mol. The van der Waals surface area contributed by atoms with E-state index in [0.29, 0.717) is 5.69 Å². The van der Waals surface area contributed by atoms with E-state index in [-0.39, 0.29) is 27.9 Å². The van der Waals surface area contributed by atoms with Crippen LogP contribution in [0.25, 0.3) is 0 Å². The number of amides is 2. The molecule has 1 aliphatic rings. The first kappa shape index (κ1) is 18.5. The summed E-state index contributed by atoms with van der Waals surface area (Å²) in [6.07, 6.45) is 1.47. The zero-order valence-electron chi connectivity index (χ0n) is 14.4. The molecule has 6 nitrogen and oxygen atoms in total. The normalized spacial score (nSPS) is 19.5. The molecule has 132 valence electrons. The third-order valence-electron chi connectivity index (χ3n) is 3.94. The van der Waals surface area contributed by atoms with Gasteiger partial charge in [-0.3, -0.25) is 9.59 Å². The quantitative estimate of drug-likeness (QED) is 0.614. The van der Waals surface area contributed by atoms with Gasteiger partial charge in [0, 0.05) is 28.9 Å². The number of phenolic OH excluding ortho intramolecular Hbond substituents is 1. The molecule has 1 aliphatic heterocycles. The third-order valence-corrected chi connectivity index (χ3v) is 4.26. The number of aromatic hydroxyl groups is 1. The molecule has 2 amide bonds. The summed E-state index contributed by atoms with van der Waals surface area (Å²) in [6.45, 7) is 8.29. The first-order valence-corrected chi connectivity index (χ1v) is 8.25. The van der Waals surface area contributed by atoms with Crippen LogP contribution in [-0.4, -0.2) is 34.0 Å². The molecule has 7 heteroatoms. The van der Waals surface area contributed by atoms with Crippen molar-refractivity contribution in [3.05, 3.63) is 23.2 Å². The van der Waals surface area contributed by atoms with Gasteiger partial charge < -0.3 is 21.1 Å². The standard InChI is InChI=1S/C17H24ClN3O3/c1-16(2)8-11(9-17(3,4)21-16)20-15(24)14(23)19-10-5-6-12(18)13(22)7-10/h5-7,11,21-22H,8-9H2,1-4H3,(H,19,23)(H,20,24). The fraction of sp³-hybridized carbons (Fsp3) is 0.529. The van der Waals surface area contributed by atoms with Crippen LogP contribution in [0.4, 0.5) is 5.69 Å². The maximum atomic E-state index is 12.2. The van der Waals surface area contributed by atoms with Crippen molar-refractivity contribution in [1.82, 2.24) is 10.6 Å². The zero-order valence-corrected chi connectivity index (χ0v) is 15.1. The summed E-state index contributed by atoms with van der Waals surface area (Å²) < 4.78 is 0. The minimum absolute atomic E-state index is 0.0897. The molecule has 1 aromatic carbocycles. The maximum absolute atomic E-state index is 12.2. The maximum Gasteiger partial charge on any atom is 0.313 e. The van der Waals surface area contributed by atoms with Gasteiger partial charge in [0.25, 0.3) is 0 Å². The Hall–Kier alpha value is -1.79. The van der Waals surface area contributed by atoms with Gasteiger partial charge in [-0.25, -0.2) is 0 Å². The van der Waals surface area contributed by atoms with Crippen LogP contribution in [0.15, 0.2) is 18.2 Å². The van der Waals surface area contributed by atoms with Gasteiger partial charge in [0.15, 0.2) is 0 Å². The van der Waals surface area contributed by atoms with Gasteiger partial charge in [-0.05, 0) is 52.7 Å². The Morgan fingerprint density at radius 2 is 1.75 bits per heavy atom. The fourth-order valence-electron chi connectivity index (χ4n) is 3.45. The molecule has 0 atom stereocenters. The summed E-state index contributed by atoms with van der Waals surface area (Å²) >= 11 is 5.71. The molecule has 1 aromatic rings. The van der Waals surface area contributed by atoms with E-state index in [2.05, 4.69) is 43.6 Å². The highest BCUT2D eigenvalue weighted by Crippen LogP contribution is 2.29. The number of hydrogen-bond acceptors (Lipinski definition) is 4. The Labute approximate surface area is 147 Å². The number of halogens is 1. The van der Waals surface area contributed by atoms with Crippen LogP contribution in [-0.2, 0) is 9.59 Å². The Balaban J connectivity index is 1.98. The van der Waals surface area contributed by atoms with E-state index in [9.17, 15) is 14.7 Å². The highest BCUT2D eigenvalue weighted by molar-refractivity contribution is 6.39. The topological polar surface area (TPSA) is 90.5 Å². The highest BCUT2D eigenvalue weighted by atomic mass is 35.5. The Bertz CT molecular complexity index is 642. The second-order valence-electron chi connectivity index (χ2n) is 7.59. The first-order chi connectivity index (χ1) is 11.0. The fourth-order valence-corrected chi connectivity index (χ4v) is 3.57. The lowest BCUT2D eigenvalue weighted by atomic mass is 9.79. The predicted molar refractivity (Wildman–Crippen MR) is 94.2 cm³/mol. The number of rotatable bonds is 2. The van der Waals surface area contributed by atoms with E-state index < -0.39 is 11.8 Å². The average Bonchev–Trinajstić information content (AvgIpc) is 2.39. The average molecular weight is 354 g/mol. The van der Waals surface area contributed by atoms with Crippen LogP contribution >= 0.6 is 11.6 Å². The van der Waals surface area contributed by atoms with Crippen molar-refractivity contribution in [3.63, 3.8) is 0 Å². The molecule has 0 aromatic heterocycles. The Kier molecular flexibility index (Phi) is 5.11. The molecular formula is C17H24ClN3O3. The molecule has 0 radical (unpaired) electrons. The number of carbonyl (C=O) groups is 2. The summed E-state index contributed by atoms with van der Waals surface area (Å²) in [5, 5.41) is 18.5. The van der Waals surface area contributed by atoms with E-state index in [1.165, 1.54) is 18.2 Å². The summed E-state index contributed by atoms with van der Waals surface area (Å²) in [6, 6.07) is 4.17. The van der Waals surface area contributed by atoms with E-state index >= 15 is 0 Å². The van der Waals surface area contributed by atoms with Crippen LogP contribution in [0.2, 0.25) is 5.02 Å². The van der Waals surface area contributed by atoms with Crippen LogP contribution in [0.3, 0.4) is 0 Å². The van der Waals surface area contributed by atoms with Crippen LogP contribution in [0.5, 0.6) is 5.75 Å². The lowest BCUT2D eigenvalue weighted by molar-refractivity contribution is -0.137. The number of benzene rings is 1. The van der Waals surface area contributed by atoms with Gasteiger partial charge in [-0.2, -0.15) is 0 Å². The van der Waals surface area contributed by atoms with E-state index in [1.54, 1.807) is 0 Å². The van der Waals surface area contributed by atoms with Gasteiger partial charge in [-0.15, -0.1) is 0 Å². The number of piperidine rings is 1. The van der Waals surface area contributed by atoms with Crippen LogP contribution in [0.1, 0.15) is 40.5 Å². The van der Waals surface area contributed by atoms with Crippen molar-refractivity contribution >= 4 is 29.1 Å². The number of phenols is 1. The zero-order chi connectivity index (χ0) is 18.1. The number of hydrogen-bond donors (Lipinski definition) is 4. The molecule has 24 heavy (non-hydrogen) atoms. The van der Waals surface area contributed by atoms with Crippen molar-refractivity contribution in [2.45, 2.75) is 57.7 Å². The van der Waals surface area contributed by atoms with Crippen molar-refractivity contribution in [1.29, 1.82) is 0 Å². The molecular weight excluding hydrogens is 330 g/mol. The van der Waals surface area contributed by atoms with Crippen LogP contribution < -0.4 is 16.0 Å². The Morgan fingerprint density at radius 1 is 1.17 bits per heavy atom. The number of nitrogens with one attached hydrogen (secondary N) is 3. The smallest absolute Gasteiger partial charge is 0.313 e. The predicted octanol–water partition coefficient (Wildman–Crippen LogP) is 2.41. The molecule has 0 unspecified atom stereocenters. The minimum Gasteiger partial charge on any atom is -0.506 e. The largest absolute Gasteiger partial charge is 0.506 e. The second kappa shape index (κ2) is 6.61. The van der Waals surface area contributed by atoms with E-state index in [1.807, 2.05) is 0 Å². The van der Waals surface area contributed by atoms with Crippen molar-refractivity contribution in [3.8, 4) is 5.75 Å². The SMILES string of the molecule is CC1(C)CC(NC(=O)C(=O)Nc2ccc(Cl)c(O)c2)CC(C)(C)N1. The van der Waals surface area contributed by atoms with Gasteiger partial charge in [0.2, 0.25) is 0 Å². The first-order valence-electron chi connectivity index (χ1n) is 7.87. The summed E-state index contributed by atoms with van der Waals surface area (Å²) in [4.78, 5) is 24.2. The molecule has 4 N–H and O–H groups in total. The molecule has 0 saturated carbocycles. The Morgan fingerprint density at radius 3 is 2.29 bits per heavy atom.